The number of nitrogens with zero attached hydrogens (tertiary/aromatic N) is 2. The fourth-order valence-corrected chi connectivity index (χ4v) is 6.74. The summed E-state index contributed by atoms with van der Waals surface area (Å²) in [6.07, 6.45) is 2.16. The zero-order chi connectivity index (χ0) is 27.4. The van der Waals surface area contributed by atoms with Crippen molar-refractivity contribution in [1.82, 2.24) is 10.2 Å². The second kappa shape index (κ2) is 11.9. The number of carbonyl (C=O) groups is 2. The van der Waals surface area contributed by atoms with Crippen molar-refractivity contribution in [3.05, 3.63) is 70.2 Å². The van der Waals surface area contributed by atoms with Crippen molar-refractivity contribution in [3.63, 3.8) is 0 Å². The lowest BCUT2D eigenvalue weighted by Gasteiger charge is -2.29. The highest BCUT2D eigenvalue weighted by Crippen LogP contribution is 2.42. The maximum atomic E-state index is 13.4. The largest absolute Gasteiger partial charge is 0.354 e. The Labute approximate surface area is 233 Å². The Balaban J connectivity index is 1.49. The van der Waals surface area contributed by atoms with E-state index in [1.54, 1.807) is 43.3 Å². The third kappa shape index (κ3) is 5.77. The molecule has 0 aromatic heterocycles. The molecular formula is C28H31Cl2N3O4S. The molecule has 202 valence electrons. The Morgan fingerprint density at radius 1 is 1.03 bits per heavy atom. The lowest BCUT2D eigenvalue weighted by atomic mass is 10.1. The van der Waals surface area contributed by atoms with Crippen LogP contribution in [0.4, 0.5) is 5.69 Å². The molecule has 7 nitrogen and oxygen atoms in total. The molecule has 4 rings (SSSR count). The standard InChI is InChI=1S/C28H31Cl2N3O4S/c1-3-4-15-31-28(35)19(2)32(18-20-13-14-22(29)23(30)17-20)26(34)12-7-16-33-24-10-5-8-21-9-6-11-25(27(21)24)38(33,36)37/h5-6,8-11,13-14,17,19H,3-4,7,12,15-16,18H2,1-2H3,(H,31,35)/t19-/m0/s1. The van der Waals surface area contributed by atoms with Crippen LogP contribution in [-0.4, -0.2) is 44.3 Å². The van der Waals surface area contributed by atoms with Gasteiger partial charge in [-0.25, -0.2) is 8.42 Å². The first-order valence-electron chi connectivity index (χ1n) is 12.7. The lowest BCUT2D eigenvalue weighted by molar-refractivity contribution is -0.140. The fraction of sp³-hybridized carbons (Fsp3) is 0.357. The number of hydrogen-bond acceptors (Lipinski definition) is 4. The monoisotopic (exact) mass is 575 g/mol. The summed E-state index contributed by atoms with van der Waals surface area (Å²) in [6, 6.07) is 15.1. The Kier molecular flexibility index (Phi) is 8.85. The molecule has 3 aromatic carbocycles. The number of carbonyl (C=O) groups excluding carboxylic acids is 2. The first kappa shape index (κ1) is 28.2. The van der Waals surface area contributed by atoms with Crippen molar-refractivity contribution >= 4 is 61.5 Å². The van der Waals surface area contributed by atoms with E-state index in [4.69, 9.17) is 23.2 Å². The molecule has 1 heterocycles. The molecule has 1 atom stereocenters. The number of sulfonamides is 1. The minimum Gasteiger partial charge on any atom is -0.354 e. The summed E-state index contributed by atoms with van der Waals surface area (Å²) in [6.45, 7) is 4.59. The van der Waals surface area contributed by atoms with Gasteiger partial charge in [0.1, 0.15) is 6.04 Å². The van der Waals surface area contributed by atoms with Gasteiger partial charge in [-0.15, -0.1) is 0 Å². The molecule has 2 amide bonds. The number of anilines is 1. The SMILES string of the molecule is CCCCNC(=O)[C@H](C)N(Cc1ccc(Cl)c(Cl)c1)C(=O)CCCN1c2cccc3cccc(c23)S1(=O)=O. The summed E-state index contributed by atoms with van der Waals surface area (Å²) >= 11 is 12.2. The van der Waals surface area contributed by atoms with E-state index < -0.39 is 16.1 Å². The lowest BCUT2D eigenvalue weighted by Crippen LogP contribution is -2.47. The van der Waals surface area contributed by atoms with Gasteiger partial charge in [0.2, 0.25) is 11.8 Å². The number of nitrogens with one attached hydrogen (secondary N) is 1. The first-order chi connectivity index (χ1) is 18.1. The highest BCUT2D eigenvalue weighted by Gasteiger charge is 2.35. The molecule has 0 saturated heterocycles. The number of hydrogen-bond donors (Lipinski definition) is 1. The average Bonchev–Trinajstić information content (AvgIpc) is 3.12. The predicted octanol–water partition coefficient (Wildman–Crippen LogP) is 5.77. The number of rotatable bonds is 11. The van der Waals surface area contributed by atoms with E-state index >= 15 is 0 Å². The summed E-state index contributed by atoms with van der Waals surface area (Å²) in [5.41, 5.74) is 1.37. The van der Waals surface area contributed by atoms with Crippen LogP contribution < -0.4 is 9.62 Å². The first-order valence-corrected chi connectivity index (χ1v) is 14.9. The number of benzene rings is 3. The summed E-state index contributed by atoms with van der Waals surface area (Å²) in [5.74, 6) is -0.488. The van der Waals surface area contributed by atoms with Crippen molar-refractivity contribution in [2.45, 2.75) is 57.0 Å². The molecular weight excluding hydrogens is 545 g/mol. The minimum absolute atomic E-state index is 0.0756. The van der Waals surface area contributed by atoms with Gasteiger partial charge in [0, 0.05) is 31.4 Å². The van der Waals surface area contributed by atoms with E-state index in [0.717, 1.165) is 23.8 Å². The Morgan fingerprint density at radius 2 is 1.76 bits per heavy atom. The third-order valence-corrected chi connectivity index (χ3v) is 9.36. The highest BCUT2D eigenvalue weighted by molar-refractivity contribution is 7.93. The van der Waals surface area contributed by atoms with Crippen LogP contribution in [0.1, 0.15) is 45.1 Å². The van der Waals surface area contributed by atoms with Crippen LogP contribution in [0.2, 0.25) is 10.0 Å². The number of halogens is 2. The van der Waals surface area contributed by atoms with E-state index in [0.29, 0.717) is 34.1 Å². The Hall–Kier alpha value is -2.81. The highest BCUT2D eigenvalue weighted by atomic mass is 35.5. The molecule has 1 N–H and O–H groups in total. The van der Waals surface area contributed by atoms with Gasteiger partial charge >= 0.3 is 0 Å². The maximum Gasteiger partial charge on any atom is 0.265 e. The van der Waals surface area contributed by atoms with Crippen molar-refractivity contribution in [2.75, 3.05) is 17.4 Å². The Morgan fingerprint density at radius 3 is 2.47 bits per heavy atom. The maximum absolute atomic E-state index is 13.4. The summed E-state index contributed by atoms with van der Waals surface area (Å²) < 4.78 is 27.9. The molecule has 0 fully saturated rings. The van der Waals surface area contributed by atoms with Crippen LogP contribution in [0.15, 0.2) is 59.5 Å². The van der Waals surface area contributed by atoms with Crippen molar-refractivity contribution in [1.29, 1.82) is 0 Å². The van der Waals surface area contributed by atoms with E-state index in [9.17, 15) is 18.0 Å². The molecule has 1 aliphatic rings. The van der Waals surface area contributed by atoms with Gasteiger partial charge in [0.05, 0.1) is 20.6 Å². The number of unbranched alkanes of at least 4 members (excludes halogenated alkanes) is 1. The van der Waals surface area contributed by atoms with Crippen LogP contribution in [0.3, 0.4) is 0 Å². The molecule has 10 heteroatoms. The molecule has 3 aromatic rings. The van der Waals surface area contributed by atoms with Gasteiger partial charge in [0.25, 0.3) is 10.0 Å². The summed E-state index contributed by atoms with van der Waals surface area (Å²) in [7, 11) is -3.70. The van der Waals surface area contributed by atoms with E-state index in [1.165, 1.54) is 9.21 Å². The second-order valence-corrected chi connectivity index (χ2v) is 12.0. The normalized spacial score (nSPS) is 14.5. The zero-order valence-corrected chi connectivity index (χ0v) is 23.7. The van der Waals surface area contributed by atoms with Gasteiger partial charge in [0.15, 0.2) is 0 Å². The molecule has 0 aliphatic carbocycles. The van der Waals surface area contributed by atoms with Crippen LogP contribution in [0, 0.1) is 0 Å². The minimum atomic E-state index is -3.70. The average molecular weight is 577 g/mol. The molecule has 0 spiro atoms. The second-order valence-electron chi connectivity index (χ2n) is 9.40. The van der Waals surface area contributed by atoms with E-state index in [-0.39, 0.29) is 36.2 Å². The molecule has 38 heavy (non-hydrogen) atoms. The molecule has 0 bridgehead atoms. The van der Waals surface area contributed by atoms with Gasteiger partial charge in [-0.3, -0.25) is 13.9 Å². The summed E-state index contributed by atoms with van der Waals surface area (Å²) in [5, 5.41) is 5.23. The van der Waals surface area contributed by atoms with Crippen molar-refractivity contribution in [2.24, 2.45) is 0 Å². The van der Waals surface area contributed by atoms with Gasteiger partial charge in [-0.05, 0) is 55.0 Å². The van der Waals surface area contributed by atoms with E-state index in [1.807, 2.05) is 25.1 Å². The zero-order valence-electron chi connectivity index (χ0n) is 21.4. The van der Waals surface area contributed by atoms with Crippen LogP contribution in [0.5, 0.6) is 0 Å². The fourth-order valence-electron chi connectivity index (χ4n) is 4.67. The van der Waals surface area contributed by atoms with Crippen LogP contribution >= 0.6 is 23.2 Å². The Bertz CT molecular complexity index is 1460. The molecule has 0 saturated carbocycles. The van der Waals surface area contributed by atoms with Crippen molar-refractivity contribution in [3.8, 4) is 0 Å². The number of amides is 2. The van der Waals surface area contributed by atoms with Gasteiger partial charge < -0.3 is 10.2 Å². The van der Waals surface area contributed by atoms with Crippen molar-refractivity contribution < 1.29 is 18.0 Å². The van der Waals surface area contributed by atoms with Gasteiger partial charge in [-0.1, -0.05) is 66.9 Å². The topological polar surface area (TPSA) is 86.8 Å². The molecule has 0 unspecified atom stereocenters. The molecule has 1 aliphatic heterocycles. The van der Waals surface area contributed by atoms with Gasteiger partial charge in [-0.2, -0.15) is 0 Å². The van der Waals surface area contributed by atoms with Crippen LogP contribution in [0.25, 0.3) is 10.8 Å². The van der Waals surface area contributed by atoms with Crippen LogP contribution in [-0.2, 0) is 26.2 Å². The van der Waals surface area contributed by atoms with E-state index in [2.05, 4.69) is 5.32 Å². The summed E-state index contributed by atoms with van der Waals surface area (Å²) in [4.78, 5) is 28.1. The predicted molar refractivity (Wildman–Crippen MR) is 152 cm³/mol. The smallest absolute Gasteiger partial charge is 0.265 e. The third-order valence-electron chi connectivity index (χ3n) is 6.77. The molecule has 0 radical (unpaired) electrons. The quantitative estimate of drug-likeness (QED) is 0.294.